The van der Waals surface area contributed by atoms with Crippen molar-refractivity contribution in [2.45, 2.75) is 45.2 Å². The van der Waals surface area contributed by atoms with Crippen molar-refractivity contribution in [1.82, 2.24) is 10.6 Å². The van der Waals surface area contributed by atoms with Gasteiger partial charge in [-0.15, -0.1) is 0 Å². The third-order valence-electron chi connectivity index (χ3n) is 3.60. The summed E-state index contributed by atoms with van der Waals surface area (Å²) in [4.78, 5) is 11.5. The normalized spacial score (nSPS) is 17.8. The molecule has 1 unspecified atom stereocenters. The number of benzene rings is 1. The number of carbonyl (C=O) groups excluding carboxylic acids is 1. The number of ether oxygens (including phenoxy) is 1. The summed E-state index contributed by atoms with van der Waals surface area (Å²) in [5.41, 5.74) is 1.06. The number of unbranched alkanes of at least 4 members (excludes halogenated alkanes) is 2. The van der Waals surface area contributed by atoms with E-state index < -0.39 is 0 Å². The van der Waals surface area contributed by atoms with E-state index in [-0.39, 0.29) is 11.9 Å². The highest BCUT2D eigenvalue weighted by Crippen LogP contribution is 2.25. The molecule has 1 saturated heterocycles. The Hall–Kier alpha value is -1.26. The molecule has 116 valence electrons. The number of carbonyl (C=O) groups is 1. The Morgan fingerprint density at radius 2 is 2.29 bits per heavy atom. The van der Waals surface area contributed by atoms with Gasteiger partial charge in [0, 0.05) is 13.1 Å². The van der Waals surface area contributed by atoms with Crippen LogP contribution in [-0.4, -0.2) is 25.1 Å². The SMILES string of the molecule is CCCCCOc1ccc(CNC2CCNC2=O)cc1Cl. The van der Waals surface area contributed by atoms with Crippen LogP contribution in [0.1, 0.15) is 38.2 Å². The third kappa shape index (κ3) is 4.90. The van der Waals surface area contributed by atoms with Gasteiger partial charge >= 0.3 is 0 Å². The first-order valence-electron chi connectivity index (χ1n) is 7.63. The highest BCUT2D eigenvalue weighted by atomic mass is 35.5. The van der Waals surface area contributed by atoms with Crippen LogP contribution in [-0.2, 0) is 11.3 Å². The summed E-state index contributed by atoms with van der Waals surface area (Å²) in [7, 11) is 0. The molecule has 0 aromatic heterocycles. The topological polar surface area (TPSA) is 50.4 Å². The Labute approximate surface area is 131 Å². The van der Waals surface area contributed by atoms with Crippen LogP contribution in [0, 0.1) is 0 Å². The second kappa shape index (κ2) is 8.25. The van der Waals surface area contributed by atoms with Gasteiger partial charge in [-0.05, 0) is 30.5 Å². The van der Waals surface area contributed by atoms with Crippen molar-refractivity contribution in [2.75, 3.05) is 13.2 Å². The fraction of sp³-hybridized carbons (Fsp3) is 0.562. The van der Waals surface area contributed by atoms with E-state index >= 15 is 0 Å². The van der Waals surface area contributed by atoms with Crippen LogP contribution in [0.25, 0.3) is 0 Å². The molecule has 1 aliphatic heterocycles. The lowest BCUT2D eigenvalue weighted by Crippen LogP contribution is -2.35. The Kier molecular flexibility index (Phi) is 6.33. The Balaban J connectivity index is 1.82. The minimum atomic E-state index is -0.0891. The molecule has 1 aliphatic rings. The predicted octanol–water partition coefficient (Wildman–Crippen LogP) is 2.89. The Morgan fingerprint density at radius 3 is 2.95 bits per heavy atom. The minimum Gasteiger partial charge on any atom is -0.492 e. The Bertz CT molecular complexity index is 479. The molecular formula is C16H23ClN2O2. The lowest BCUT2D eigenvalue weighted by Gasteiger charge is -2.12. The molecule has 2 N–H and O–H groups in total. The summed E-state index contributed by atoms with van der Waals surface area (Å²) in [5.74, 6) is 0.812. The van der Waals surface area contributed by atoms with Crippen molar-refractivity contribution in [3.05, 3.63) is 28.8 Å². The molecular weight excluding hydrogens is 288 g/mol. The van der Waals surface area contributed by atoms with Gasteiger partial charge in [0.05, 0.1) is 17.7 Å². The van der Waals surface area contributed by atoms with E-state index in [1.807, 2.05) is 18.2 Å². The van der Waals surface area contributed by atoms with E-state index in [2.05, 4.69) is 17.6 Å². The van der Waals surface area contributed by atoms with Crippen LogP contribution in [0.3, 0.4) is 0 Å². The van der Waals surface area contributed by atoms with Crippen molar-refractivity contribution in [3.63, 3.8) is 0 Å². The summed E-state index contributed by atoms with van der Waals surface area (Å²) in [5, 5.41) is 6.68. The quantitative estimate of drug-likeness (QED) is 0.726. The van der Waals surface area contributed by atoms with Crippen molar-refractivity contribution in [3.8, 4) is 5.75 Å². The number of amides is 1. The molecule has 1 aromatic rings. The van der Waals surface area contributed by atoms with Gasteiger partial charge in [-0.2, -0.15) is 0 Å². The molecule has 1 aromatic carbocycles. The molecule has 0 saturated carbocycles. The second-order valence-electron chi connectivity index (χ2n) is 5.33. The van der Waals surface area contributed by atoms with Crippen LogP contribution in [0.15, 0.2) is 18.2 Å². The summed E-state index contributed by atoms with van der Waals surface area (Å²) in [6.45, 7) is 4.25. The first-order valence-corrected chi connectivity index (χ1v) is 8.01. The monoisotopic (exact) mass is 310 g/mol. The standard InChI is InChI=1S/C16H23ClN2O2/c1-2-3-4-9-21-15-6-5-12(10-13(15)17)11-19-14-7-8-18-16(14)20/h5-6,10,14,19H,2-4,7-9,11H2,1H3,(H,18,20). The van der Waals surface area contributed by atoms with Crippen LogP contribution in [0.5, 0.6) is 5.75 Å². The molecule has 0 spiro atoms. The average Bonchev–Trinajstić information content (AvgIpc) is 2.88. The number of rotatable bonds is 8. The van der Waals surface area contributed by atoms with E-state index in [0.29, 0.717) is 18.2 Å². The van der Waals surface area contributed by atoms with E-state index in [1.165, 1.54) is 12.8 Å². The maximum Gasteiger partial charge on any atom is 0.237 e. The summed E-state index contributed by atoms with van der Waals surface area (Å²) >= 11 is 6.23. The molecule has 1 atom stereocenters. The first-order chi connectivity index (χ1) is 10.2. The fourth-order valence-corrected chi connectivity index (χ4v) is 2.59. The number of nitrogens with one attached hydrogen (secondary N) is 2. The third-order valence-corrected chi connectivity index (χ3v) is 3.90. The van der Waals surface area contributed by atoms with Gasteiger partial charge in [0.15, 0.2) is 0 Å². The van der Waals surface area contributed by atoms with Gasteiger partial charge in [0.25, 0.3) is 0 Å². The number of hydrogen-bond acceptors (Lipinski definition) is 3. The lowest BCUT2D eigenvalue weighted by atomic mass is 10.2. The Morgan fingerprint density at radius 1 is 1.43 bits per heavy atom. The first kappa shape index (κ1) is 16.1. The molecule has 0 aliphatic carbocycles. The molecule has 1 heterocycles. The number of halogens is 1. The lowest BCUT2D eigenvalue weighted by molar-refractivity contribution is -0.120. The van der Waals surface area contributed by atoms with Gasteiger partial charge in [-0.3, -0.25) is 4.79 Å². The van der Waals surface area contributed by atoms with Crippen LogP contribution in [0.4, 0.5) is 0 Å². The second-order valence-corrected chi connectivity index (χ2v) is 5.74. The molecule has 1 fully saturated rings. The van der Waals surface area contributed by atoms with Gasteiger partial charge in [-0.1, -0.05) is 37.4 Å². The number of hydrogen-bond donors (Lipinski definition) is 2. The van der Waals surface area contributed by atoms with Crippen LogP contribution in [0.2, 0.25) is 5.02 Å². The van der Waals surface area contributed by atoms with Crippen molar-refractivity contribution in [2.24, 2.45) is 0 Å². The molecule has 0 bridgehead atoms. The van der Waals surface area contributed by atoms with E-state index in [9.17, 15) is 4.79 Å². The smallest absolute Gasteiger partial charge is 0.237 e. The maximum absolute atomic E-state index is 11.5. The van der Waals surface area contributed by atoms with Crippen molar-refractivity contribution >= 4 is 17.5 Å². The van der Waals surface area contributed by atoms with E-state index in [1.54, 1.807) is 0 Å². The highest BCUT2D eigenvalue weighted by molar-refractivity contribution is 6.32. The van der Waals surface area contributed by atoms with Crippen molar-refractivity contribution < 1.29 is 9.53 Å². The van der Waals surface area contributed by atoms with Gasteiger partial charge < -0.3 is 15.4 Å². The summed E-state index contributed by atoms with van der Waals surface area (Å²) in [6.07, 6.45) is 4.23. The fourth-order valence-electron chi connectivity index (χ4n) is 2.34. The molecule has 2 rings (SSSR count). The zero-order valence-corrected chi connectivity index (χ0v) is 13.2. The minimum absolute atomic E-state index is 0.0805. The zero-order chi connectivity index (χ0) is 15.1. The molecule has 5 heteroatoms. The van der Waals surface area contributed by atoms with Crippen LogP contribution >= 0.6 is 11.6 Å². The summed E-state index contributed by atoms with van der Waals surface area (Å²) in [6, 6.07) is 5.70. The van der Waals surface area contributed by atoms with E-state index in [0.717, 1.165) is 30.7 Å². The van der Waals surface area contributed by atoms with Gasteiger partial charge in [-0.25, -0.2) is 0 Å². The molecule has 1 amide bonds. The summed E-state index contributed by atoms with van der Waals surface area (Å²) < 4.78 is 5.67. The highest BCUT2D eigenvalue weighted by Gasteiger charge is 2.22. The largest absolute Gasteiger partial charge is 0.492 e. The van der Waals surface area contributed by atoms with E-state index in [4.69, 9.17) is 16.3 Å². The van der Waals surface area contributed by atoms with Crippen LogP contribution < -0.4 is 15.4 Å². The van der Waals surface area contributed by atoms with Gasteiger partial charge in [0.2, 0.25) is 5.91 Å². The molecule has 4 nitrogen and oxygen atoms in total. The predicted molar refractivity (Wildman–Crippen MR) is 84.7 cm³/mol. The zero-order valence-electron chi connectivity index (χ0n) is 12.5. The van der Waals surface area contributed by atoms with Gasteiger partial charge in [0.1, 0.15) is 5.75 Å². The molecule has 21 heavy (non-hydrogen) atoms. The van der Waals surface area contributed by atoms with Crippen molar-refractivity contribution in [1.29, 1.82) is 0 Å². The maximum atomic E-state index is 11.5. The average molecular weight is 311 g/mol. The molecule has 0 radical (unpaired) electrons.